The van der Waals surface area contributed by atoms with Gasteiger partial charge in [0.25, 0.3) is 0 Å². The van der Waals surface area contributed by atoms with Crippen molar-refractivity contribution >= 4 is 29.9 Å². The second-order valence-electron chi connectivity index (χ2n) is 5.72. The summed E-state index contributed by atoms with van der Waals surface area (Å²) in [6, 6.07) is 4.51. The molecule has 136 valence electrons. The molecule has 0 bridgehead atoms. The number of benzene rings is 1. The summed E-state index contributed by atoms with van der Waals surface area (Å²) in [4.78, 5) is 8.71. The molecule has 3 rings (SSSR count). The highest BCUT2D eigenvalue weighted by molar-refractivity contribution is 14.0. The number of phenols is 1. The van der Waals surface area contributed by atoms with Gasteiger partial charge in [-0.2, -0.15) is 5.10 Å². The molecule has 1 aromatic heterocycles. The minimum atomic E-state index is -0.633. The first-order chi connectivity index (χ1) is 11.7. The molecule has 25 heavy (non-hydrogen) atoms. The quantitative estimate of drug-likeness (QED) is 0.368. The lowest BCUT2D eigenvalue weighted by atomic mass is 10.1. The Hall–Kier alpha value is -1.91. The topological polar surface area (TPSA) is 87.4 Å². The zero-order valence-corrected chi connectivity index (χ0v) is 16.3. The number of aryl methyl sites for hydroxylation is 1. The maximum Gasteiger partial charge on any atom is 0.191 e. The van der Waals surface area contributed by atoms with Gasteiger partial charge >= 0.3 is 0 Å². The highest BCUT2D eigenvalue weighted by atomic mass is 127. The van der Waals surface area contributed by atoms with Gasteiger partial charge in [-0.25, -0.2) is 19.0 Å². The Labute approximate surface area is 162 Å². The molecular formula is C16H22FIN6O. The van der Waals surface area contributed by atoms with E-state index in [4.69, 9.17) is 0 Å². The van der Waals surface area contributed by atoms with Crippen LogP contribution in [0.25, 0.3) is 0 Å². The zero-order valence-electron chi connectivity index (χ0n) is 13.9. The Morgan fingerprint density at radius 1 is 1.48 bits per heavy atom. The summed E-state index contributed by atoms with van der Waals surface area (Å²) in [7, 11) is 0. The van der Waals surface area contributed by atoms with Crippen LogP contribution in [-0.4, -0.2) is 38.4 Å². The second-order valence-corrected chi connectivity index (χ2v) is 5.72. The van der Waals surface area contributed by atoms with Crippen molar-refractivity contribution in [2.45, 2.75) is 38.9 Å². The molecule has 2 aromatic rings. The standard InChI is InChI=1S/C16H21FN6O.HI/c1-2-18-16(19-8-11-3-5-14(24)13(17)7-11)22-12-4-6-15-20-10-21-23(15)9-12;/h3,5,7,10,12,24H,2,4,6,8-9H2,1H3,(H2,18,19,22);1H. The first-order valence-electron chi connectivity index (χ1n) is 8.04. The molecule has 0 aliphatic carbocycles. The fourth-order valence-electron chi connectivity index (χ4n) is 2.69. The van der Waals surface area contributed by atoms with Crippen molar-refractivity contribution in [1.29, 1.82) is 0 Å². The maximum absolute atomic E-state index is 13.4. The molecule has 2 heterocycles. The van der Waals surface area contributed by atoms with Crippen molar-refractivity contribution in [1.82, 2.24) is 25.4 Å². The lowest BCUT2D eigenvalue weighted by molar-refractivity contribution is 0.392. The van der Waals surface area contributed by atoms with Gasteiger partial charge < -0.3 is 15.7 Å². The summed E-state index contributed by atoms with van der Waals surface area (Å²) in [5.74, 6) is 0.708. The number of aliphatic imine (C=N–C) groups is 1. The Bertz CT molecular complexity index is 735. The molecule has 0 spiro atoms. The molecule has 1 aliphatic rings. The average molecular weight is 460 g/mol. The highest BCUT2D eigenvalue weighted by Gasteiger charge is 2.20. The summed E-state index contributed by atoms with van der Waals surface area (Å²) >= 11 is 0. The first kappa shape index (κ1) is 19.4. The van der Waals surface area contributed by atoms with Crippen molar-refractivity contribution in [3.63, 3.8) is 0 Å². The molecule has 7 nitrogen and oxygen atoms in total. The van der Waals surface area contributed by atoms with Crippen molar-refractivity contribution in [2.24, 2.45) is 4.99 Å². The maximum atomic E-state index is 13.4. The van der Waals surface area contributed by atoms with Gasteiger partial charge in [-0.05, 0) is 31.0 Å². The zero-order chi connectivity index (χ0) is 16.9. The number of hydrogen-bond donors (Lipinski definition) is 3. The molecule has 1 aliphatic heterocycles. The van der Waals surface area contributed by atoms with Crippen molar-refractivity contribution in [2.75, 3.05) is 6.54 Å². The van der Waals surface area contributed by atoms with Crippen LogP contribution in [-0.2, 0) is 19.5 Å². The minimum Gasteiger partial charge on any atom is -0.505 e. The molecule has 9 heteroatoms. The van der Waals surface area contributed by atoms with Gasteiger partial charge in [0, 0.05) is 19.0 Å². The van der Waals surface area contributed by atoms with E-state index in [0.29, 0.717) is 18.1 Å². The fourth-order valence-corrected chi connectivity index (χ4v) is 2.69. The third-order valence-electron chi connectivity index (χ3n) is 3.92. The number of aromatic hydroxyl groups is 1. The summed E-state index contributed by atoms with van der Waals surface area (Å²) in [5, 5.41) is 20.0. The predicted octanol–water partition coefficient (Wildman–Crippen LogP) is 1.81. The van der Waals surface area contributed by atoms with E-state index in [-0.39, 0.29) is 35.8 Å². The third kappa shape index (κ3) is 5.03. The molecule has 1 atom stereocenters. The fraction of sp³-hybridized carbons (Fsp3) is 0.438. The van der Waals surface area contributed by atoms with Crippen LogP contribution in [0, 0.1) is 5.82 Å². The summed E-state index contributed by atoms with van der Waals surface area (Å²) in [6.45, 7) is 3.80. The number of aromatic nitrogens is 3. The molecule has 0 saturated carbocycles. The predicted molar refractivity (Wildman–Crippen MR) is 104 cm³/mol. The van der Waals surface area contributed by atoms with E-state index in [2.05, 4.69) is 25.7 Å². The molecule has 1 aromatic carbocycles. The first-order valence-corrected chi connectivity index (χ1v) is 8.04. The highest BCUT2D eigenvalue weighted by Crippen LogP contribution is 2.16. The van der Waals surface area contributed by atoms with Gasteiger partial charge in [-0.1, -0.05) is 6.07 Å². The Morgan fingerprint density at radius 3 is 3.08 bits per heavy atom. The normalized spacial score (nSPS) is 16.7. The average Bonchev–Trinajstić information content (AvgIpc) is 3.03. The van der Waals surface area contributed by atoms with Crippen LogP contribution < -0.4 is 10.6 Å². The number of phenolic OH excluding ortho intramolecular Hbond substituents is 1. The molecule has 0 saturated heterocycles. The lowest BCUT2D eigenvalue weighted by Gasteiger charge is -2.25. The van der Waals surface area contributed by atoms with E-state index < -0.39 is 5.82 Å². The van der Waals surface area contributed by atoms with Crippen molar-refractivity contribution < 1.29 is 9.50 Å². The van der Waals surface area contributed by atoms with Crippen LogP contribution in [0.2, 0.25) is 0 Å². The minimum absolute atomic E-state index is 0. The smallest absolute Gasteiger partial charge is 0.191 e. The number of rotatable bonds is 4. The van der Waals surface area contributed by atoms with E-state index in [1.54, 1.807) is 12.4 Å². The second kappa shape index (κ2) is 8.97. The summed E-state index contributed by atoms with van der Waals surface area (Å²) in [5.41, 5.74) is 0.699. The number of hydrogen-bond acceptors (Lipinski definition) is 4. The Morgan fingerprint density at radius 2 is 2.32 bits per heavy atom. The van der Waals surface area contributed by atoms with Crippen LogP contribution in [0.3, 0.4) is 0 Å². The molecule has 0 amide bonds. The van der Waals surface area contributed by atoms with Gasteiger partial charge in [0.1, 0.15) is 12.2 Å². The van der Waals surface area contributed by atoms with Gasteiger partial charge in [0.2, 0.25) is 0 Å². The van der Waals surface area contributed by atoms with Gasteiger partial charge in [0.15, 0.2) is 17.5 Å². The van der Waals surface area contributed by atoms with Crippen LogP contribution in [0.4, 0.5) is 4.39 Å². The number of halogens is 2. The SMILES string of the molecule is CCNC(=NCc1ccc(O)c(F)c1)NC1CCc2ncnn2C1.I. The van der Waals surface area contributed by atoms with Crippen molar-refractivity contribution in [3.8, 4) is 5.75 Å². The lowest BCUT2D eigenvalue weighted by Crippen LogP contribution is -2.47. The number of fused-ring (bicyclic) bond motifs is 1. The molecule has 3 N–H and O–H groups in total. The number of guanidine groups is 1. The van der Waals surface area contributed by atoms with Crippen LogP contribution in [0.1, 0.15) is 24.7 Å². The molecule has 1 unspecified atom stereocenters. The van der Waals surface area contributed by atoms with E-state index in [1.807, 2.05) is 11.6 Å². The summed E-state index contributed by atoms with van der Waals surface area (Å²) in [6.07, 6.45) is 3.41. The van der Waals surface area contributed by atoms with E-state index in [0.717, 1.165) is 31.8 Å². The number of nitrogens with one attached hydrogen (secondary N) is 2. The van der Waals surface area contributed by atoms with Crippen LogP contribution >= 0.6 is 24.0 Å². The van der Waals surface area contributed by atoms with E-state index in [9.17, 15) is 9.50 Å². The van der Waals surface area contributed by atoms with E-state index in [1.165, 1.54) is 12.1 Å². The molecule has 0 radical (unpaired) electrons. The Balaban J connectivity index is 0.00000225. The largest absolute Gasteiger partial charge is 0.505 e. The van der Waals surface area contributed by atoms with E-state index >= 15 is 0 Å². The van der Waals surface area contributed by atoms with Gasteiger partial charge in [-0.15, -0.1) is 24.0 Å². The van der Waals surface area contributed by atoms with Crippen LogP contribution in [0.15, 0.2) is 29.5 Å². The third-order valence-corrected chi connectivity index (χ3v) is 3.92. The van der Waals surface area contributed by atoms with Crippen molar-refractivity contribution in [3.05, 3.63) is 41.7 Å². The number of nitrogens with zero attached hydrogens (tertiary/aromatic N) is 4. The van der Waals surface area contributed by atoms with Crippen LogP contribution in [0.5, 0.6) is 5.75 Å². The van der Waals surface area contributed by atoms with Gasteiger partial charge in [0.05, 0.1) is 13.1 Å². The monoisotopic (exact) mass is 460 g/mol. The Kier molecular flexibility index (Phi) is 6.97. The summed E-state index contributed by atoms with van der Waals surface area (Å²) < 4.78 is 15.3. The molecule has 0 fully saturated rings. The van der Waals surface area contributed by atoms with Gasteiger partial charge in [-0.3, -0.25) is 0 Å². The molecular weight excluding hydrogens is 438 g/mol.